The van der Waals surface area contributed by atoms with E-state index in [0.29, 0.717) is 21.3 Å². The highest BCUT2D eigenvalue weighted by molar-refractivity contribution is 6.36. The van der Waals surface area contributed by atoms with Gasteiger partial charge in [0.1, 0.15) is 5.70 Å². The van der Waals surface area contributed by atoms with Crippen LogP contribution in [0.15, 0.2) is 60.4 Å². The van der Waals surface area contributed by atoms with Crippen LogP contribution in [0.3, 0.4) is 0 Å². The molecular weight excluding hydrogens is 351 g/mol. The average Bonchev–Trinajstić information content (AvgIpc) is 2.59. The molecule has 0 heterocycles. The Morgan fingerprint density at radius 2 is 1.79 bits per heavy atom. The van der Waals surface area contributed by atoms with Gasteiger partial charge >= 0.3 is 5.97 Å². The maximum atomic E-state index is 12.2. The second-order valence-electron chi connectivity index (χ2n) is 4.64. The molecule has 24 heavy (non-hydrogen) atoms. The van der Waals surface area contributed by atoms with Crippen LogP contribution >= 0.6 is 23.2 Å². The van der Waals surface area contributed by atoms with Crippen molar-refractivity contribution >= 4 is 40.8 Å². The van der Waals surface area contributed by atoms with E-state index in [1.807, 2.05) is 0 Å². The van der Waals surface area contributed by atoms with Crippen molar-refractivity contribution in [1.29, 1.82) is 0 Å². The van der Waals surface area contributed by atoms with Gasteiger partial charge in [0, 0.05) is 16.8 Å². The smallest absolute Gasteiger partial charge is 0.356 e. The van der Waals surface area contributed by atoms with E-state index in [-0.39, 0.29) is 5.70 Å². The molecule has 2 aromatic rings. The van der Waals surface area contributed by atoms with E-state index in [9.17, 15) is 9.59 Å². The Labute approximate surface area is 149 Å². The molecule has 124 valence electrons. The van der Waals surface area contributed by atoms with Crippen molar-refractivity contribution in [2.45, 2.75) is 0 Å². The summed E-state index contributed by atoms with van der Waals surface area (Å²) in [5.41, 5.74) is 0.880. The minimum Gasteiger partial charge on any atom is -0.464 e. The first-order valence-corrected chi connectivity index (χ1v) is 7.63. The molecule has 0 saturated carbocycles. The van der Waals surface area contributed by atoms with Crippen molar-refractivity contribution in [2.24, 2.45) is 0 Å². The van der Waals surface area contributed by atoms with Gasteiger partial charge in [-0.2, -0.15) is 0 Å². The Morgan fingerprint density at radius 3 is 2.42 bits per heavy atom. The van der Waals surface area contributed by atoms with Crippen LogP contribution in [0.2, 0.25) is 10.0 Å². The van der Waals surface area contributed by atoms with Gasteiger partial charge in [-0.3, -0.25) is 4.79 Å². The molecular formula is C17H14Cl2N2O3. The number of nitrogens with one attached hydrogen (secondary N) is 2. The quantitative estimate of drug-likeness (QED) is 0.624. The molecule has 2 aromatic carbocycles. The van der Waals surface area contributed by atoms with Crippen LogP contribution < -0.4 is 10.6 Å². The Hall–Kier alpha value is -2.50. The van der Waals surface area contributed by atoms with Crippen molar-refractivity contribution in [1.82, 2.24) is 5.32 Å². The van der Waals surface area contributed by atoms with Gasteiger partial charge in [0.2, 0.25) is 0 Å². The van der Waals surface area contributed by atoms with Gasteiger partial charge in [-0.15, -0.1) is 0 Å². The molecule has 0 aliphatic heterocycles. The number of ether oxygens (including phenoxy) is 1. The predicted octanol–water partition coefficient (Wildman–Crippen LogP) is 3.85. The number of anilines is 1. The molecule has 0 aromatic heterocycles. The van der Waals surface area contributed by atoms with Crippen LogP contribution in [-0.2, 0) is 9.53 Å². The number of amides is 1. The number of benzene rings is 2. The SMILES string of the molecule is COC(=O)C(=CNc1ccc(Cl)cc1Cl)NC(=O)c1ccccc1. The van der Waals surface area contributed by atoms with Crippen molar-refractivity contribution < 1.29 is 14.3 Å². The van der Waals surface area contributed by atoms with E-state index >= 15 is 0 Å². The third-order valence-electron chi connectivity index (χ3n) is 2.99. The van der Waals surface area contributed by atoms with Crippen LogP contribution in [-0.4, -0.2) is 19.0 Å². The van der Waals surface area contributed by atoms with Gasteiger partial charge in [-0.1, -0.05) is 41.4 Å². The largest absolute Gasteiger partial charge is 0.464 e. The maximum Gasteiger partial charge on any atom is 0.356 e. The standard InChI is InChI=1S/C17H14Cl2N2O3/c1-24-17(23)15(21-16(22)11-5-3-2-4-6-11)10-20-14-8-7-12(18)9-13(14)19/h2-10,20H,1H3,(H,21,22). The molecule has 0 radical (unpaired) electrons. The fourth-order valence-corrected chi connectivity index (χ4v) is 2.26. The summed E-state index contributed by atoms with van der Waals surface area (Å²) in [7, 11) is 1.22. The highest BCUT2D eigenvalue weighted by Crippen LogP contribution is 2.25. The zero-order valence-electron chi connectivity index (χ0n) is 12.7. The molecule has 0 aliphatic carbocycles. The van der Waals surface area contributed by atoms with Crippen LogP contribution in [0.4, 0.5) is 5.69 Å². The molecule has 2 N–H and O–H groups in total. The summed E-state index contributed by atoms with van der Waals surface area (Å²) in [6.07, 6.45) is 1.31. The molecule has 0 fully saturated rings. The van der Waals surface area contributed by atoms with Crippen molar-refractivity contribution in [3.05, 3.63) is 76.0 Å². The van der Waals surface area contributed by atoms with E-state index in [0.717, 1.165) is 0 Å². The minimum atomic E-state index is -0.697. The van der Waals surface area contributed by atoms with Crippen molar-refractivity contribution in [3.8, 4) is 0 Å². The third kappa shape index (κ3) is 4.75. The molecule has 0 aliphatic rings. The number of halogens is 2. The monoisotopic (exact) mass is 364 g/mol. The zero-order valence-corrected chi connectivity index (χ0v) is 14.2. The Morgan fingerprint density at radius 1 is 1.08 bits per heavy atom. The van der Waals surface area contributed by atoms with Crippen LogP contribution in [0, 0.1) is 0 Å². The fraction of sp³-hybridized carbons (Fsp3) is 0.0588. The molecule has 0 saturated heterocycles. The Kier molecular flexibility index (Phi) is 6.23. The summed E-state index contributed by atoms with van der Waals surface area (Å²) in [5.74, 6) is -1.13. The van der Waals surface area contributed by atoms with Crippen LogP contribution in [0.5, 0.6) is 0 Å². The number of methoxy groups -OCH3 is 1. The van der Waals surface area contributed by atoms with E-state index in [1.54, 1.807) is 48.5 Å². The Bertz CT molecular complexity index is 777. The minimum absolute atomic E-state index is 0.0580. The molecule has 2 rings (SSSR count). The first-order chi connectivity index (χ1) is 11.5. The Balaban J connectivity index is 2.18. The highest BCUT2D eigenvalue weighted by Gasteiger charge is 2.14. The third-order valence-corrected chi connectivity index (χ3v) is 3.54. The van der Waals surface area contributed by atoms with Crippen LogP contribution in [0.25, 0.3) is 0 Å². The van der Waals surface area contributed by atoms with E-state index in [1.165, 1.54) is 13.3 Å². The van der Waals surface area contributed by atoms with E-state index in [2.05, 4.69) is 15.4 Å². The number of hydrogen-bond donors (Lipinski definition) is 2. The summed E-state index contributed by atoms with van der Waals surface area (Å²) in [5, 5.41) is 6.20. The maximum absolute atomic E-state index is 12.2. The van der Waals surface area contributed by atoms with Gasteiger partial charge in [-0.05, 0) is 30.3 Å². The van der Waals surface area contributed by atoms with Crippen LogP contribution in [0.1, 0.15) is 10.4 Å². The summed E-state index contributed by atoms with van der Waals surface area (Å²) in [6, 6.07) is 13.3. The zero-order chi connectivity index (χ0) is 17.5. The van der Waals surface area contributed by atoms with Crippen molar-refractivity contribution in [3.63, 3.8) is 0 Å². The first-order valence-electron chi connectivity index (χ1n) is 6.87. The lowest BCUT2D eigenvalue weighted by Gasteiger charge is -2.10. The number of esters is 1. The normalized spacial score (nSPS) is 10.9. The summed E-state index contributed by atoms with van der Waals surface area (Å²) >= 11 is 11.9. The van der Waals surface area contributed by atoms with Gasteiger partial charge in [0.15, 0.2) is 0 Å². The fourth-order valence-electron chi connectivity index (χ4n) is 1.80. The molecule has 0 spiro atoms. The molecule has 7 heteroatoms. The topological polar surface area (TPSA) is 67.4 Å². The lowest BCUT2D eigenvalue weighted by atomic mass is 10.2. The molecule has 5 nitrogen and oxygen atoms in total. The molecule has 0 atom stereocenters. The lowest BCUT2D eigenvalue weighted by molar-refractivity contribution is -0.136. The number of hydrogen-bond acceptors (Lipinski definition) is 4. The van der Waals surface area contributed by atoms with Gasteiger partial charge in [0.25, 0.3) is 5.91 Å². The summed E-state index contributed by atoms with van der Waals surface area (Å²) in [6.45, 7) is 0. The predicted molar refractivity (Wildman–Crippen MR) is 94.1 cm³/mol. The molecule has 0 unspecified atom stereocenters. The number of rotatable bonds is 5. The number of carbonyl (C=O) groups is 2. The summed E-state index contributed by atoms with van der Waals surface area (Å²) in [4.78, 5) is 24.0. The summed E-state index contributed by atoms with van der Waals surface area (Å²) < 4.78 is 4.67. The lowest BCUT2D eigenvalue weighted by Crippen LogP contribution is -2.28. The van der Waals surface area contributed by atoms with Gasteiger partial charge in [-0.25, -0.2) is 4.79 Å². The first kappa shape index (κ1) is 17.8. The second-order valence-corrected chi connectivity index (χ2v) is 5.48. The van der Waals surface area contributed by atoms with Gasteiger partial charge in [0.05, 0.1) is 17.8 Å². The average molecular weight is 365 g/mol. The number of carbonyl (C=O) groups excluding carboxylic acids is 2. The molecule has 0 bridgehead atoms. The van der Waals surface area contributed by atoms with E-state index in [4.69, 9.17) is 23.2 Å². The van der Waals surface area contributed by atoms with Crippen molar-refractivity contribution in [2.75, 3.05) is 12.4 Å². The second kappa shape index (κ2) is 8.38. The van der Waals surface area contributed by atoms with Gasteiger partial charge < -0.3 is 15.4 Å². The van der Waals surface area contributed by atoms with E-state index < -0.39 is 11.9 Å². The molecule has 1 amide bonds. The highest BCUT2D eigenvalue weighted by atomic mass is 35.5.